The molecule has 0 aliphatic carbocycles. The molecule has 0 unspecified atom stereocenters. The minimum atomic E-state index is -0.583. The Morgan fingerprint density at radius 2 is 2.14 bits per heavy atom. The second kappa shape index (κ2) is 8.10. The number of anilines is 2. The van der Waals surface area contributed by atoms with Crippen molar-refractivity contribution in [2.24, 2.45) is 5.73 Å². The molecule has 9 heteroatoms. The Morgan fingerprint density at radius 3 is 2.76 bits per heavy atom. The molecule has 1 rings (SSSR count). The fraction of sp³-hybridized carbons (Fsp3) is 0.583. The van der Waals surface area contributed by atoms with E-state index in [0.29, 0.717) is 6.54 Å². The second-order valence-electron chi connectivity index (χ2n) is 4.47. The van der Waals surface area contributed by atoms with E-state index in [0.717, 1.165) is 12.8 Å². The number of aromatic nitrogens is 2. The van der Waals surface area contributed by atoms with Gasteiger partial charge in [0.2, 0.25) is 5.91 Å². The predicted octanol–water partition coefficient (Wildman–Crippen LogP) is -1.17. The van der Waals surface area contributed by atoms with E-state index in [1.54, 1.807) is 0 Å². The number of carbonyl (C=O) groups excluding carboxylic acids is 1. The zero-order valence-corrected chi connectivity index (χ0v) is 12.0. The summed E-state index contributed by atoms with van der Waals surface area (Å²) in [5.41, 5.74) is 9.78. The van der Waals surface area contributed by atoms with Crippen molar-refractivity contribution in [1.82, 2.24) is 9.55 Å². The number of H-pyrrole nitrogens is 1. The number of rotatable bonds is 9. The molecule has 1 heterocycles. The van der Waals surface area contributed by atoms with E-state index < -0.39 is 17.2 Å². The van der Waals surface area contributed by atoms with Crippen LogP contribution in [0.25, 0.3) is 0 Å². The number of nitrogen functional groups attached to an aromatic ring is 1. The third kappa shape index (κ3) is 4.95. The molecule has 21 heavy (non-hydrogen) atoms. The van der Waals surface area contributed by atoms with Crippen LogP contribution in [0.4, 0.5) is 11.5 Å². The lowest BCUT2D eigenvalue weighted by molar-refractivity contribution is -0.122. The van der Waals surface area contributed by atoms with Crippen LogP contribution in [-0.2, 0) is 16.1 Å². The molecule has 9 nitrogen and oxygen atoms in total. The highest BCUT2D eigenvalue weighted by Gasteiger charge is 2.11. The van der Waals surface area contributed by atoms with E-state index in [-0.39, 0.29) is 31.3 Å². The third-order valence-electron chi connectivity index (χ3n) is 2.77. The first-order valence-electron chi connectivity index (χ1n) is 6.69. The number of ether oxygens (including phenoxy) is 1. The van der Waals surface area contributed by atoms with Crippen molar-refractivity contribution < 1.29 is 9.53 Å². The van der Waals surface area contributed by atoms with Crippen LogP contribution in [0.2, 0.25) is 0 Å². The molecule has 1 amide bonds. The molecule has 1 aromatic heterocycles. The van der Waals surface area contributed by atoms with Crippen LogP contribution in [0.1, 0.15) is 19.8 Å². The van der Waals surface area contributed by atoms with Crippen LogP contribution in [0.3, 0.4) is 0 Å². The highest BCUT2D eigenvalue weighted by Crippen LogP contribution is 2.10. The maximum absolute atomic E-state index is 11.7. The van der Waals surface area contributed by atoms with E-state index in [1.807, 2.05) is 6.92 Å². The molecule has 0 radical (unpaired) electrons. The molecule has 0 aliphatic heterocycles. The fourth-order valence-corrected chi connectivity index (χ4v) is 1.72. The highest BCUT2D eigenvalue weighted by atomic mass is 16.5. The lowest BCUT2D eigenvalue weighted by Crippen LogP contribution is -2.34. The fourth-order valence-electron chi connectivity index (χ4n) is 1.72. The molecule has 118 valence electrons. The minimum Gasteiger partial charge on any atom is -0.383 e. The lowest BCUT2D eigenvalue weighted by atomic mass is 10.3. The summed E-state index contributed by atoms with van der Waals surface area (Å²) in [6.07, 6.45) is 1.67. The number of aromatic amines is 1. The number of amides is 1. The number of hydrogen-bond donors (Lipinski definition) is 4. The van der Waals surface area contributed by atoms with Gasteiger partial charge in [-0.1, -0.05) is 13.3 Å². The molecule has 0 aliphatic rings. The van der Waals surface area contributed by atoms with Crippen molar-refractivity contribution in [2.45, 2.75) is 26.3 Å². The van der Waals surface area contributed by atoms with Gasteiger partial charge in [-0.3, -0.25) is 19.1 Å². The Labute approximate surface area is 121 Å². The number of hydrogen-bond acceptors (Lipinski definition) is 6. The molecular formula is C12H21N5O4. The zero-order valence-electron chi connectivity index (χ0n) is 12.0. The quantitative estimate of drug-likeness (QED) is 0.423. The number of nitrogens with one attached hydrogen (secondary N) is 2. The van der Waals surface area contributed by atoms with E-state index in [2.05, 4.69) is 10.3 Å². The lowest BCUT2D eigenvalue weighted by Gasteiger charge is -2.13. The Morgan fingerprint density at radius 1 is 1.43 bits per heavy atom. The van der Waals surface area contributed by atoms with Gasteiger partial charge in [0.15, 0.2) is 0 Å². The Hall–Kier alpha value is -2.29. The number of carbonyl (C=O) groups is 1. The van der Waals surface area contributed by atoms with Crippen molar-refractivity contribution in [3.8, 4) is 0 Å². The monoisotopic (exact) mass is 299 g/mol. The summed E-state index contributed by atoms with van der Waals surface area (Å²) < 4.78 is 6.27. The molecule has 0 fully saturated rings. The molecule has 1 aromatic rings. The van der Waals surface area contributed by atoms with Gasteiger partial charge in [0.25, 0.3) is 5.56 Å². The maximum Gasteiger partial charge on any atom is 0.330 e. The van der Waals surface area contributed by atoms with E-state index in [1.165, 1.54) is 4.57 Å². The van der Waals surface area contributed by atoms with Gasteiger partial charge in [-0.05, 0) is 6.42 Å². The van der Waals surface area contributed by atoms with Crippen molar-refractivity contribution in [3.63, 3.8) is 0 Å². The van der Waals surface area contributed by atoms with Gasteiger partial charge < -0.3 is 21.5 Å². The standard InChI is InChI=1S/C12H21N5O4/c1-2-3-5-17-10(14)9(11(19)16-12(17)20)15-4-6-21-7-8(13)18/h15H,2-7,14H2,1H3,(H2,13,18)(H,16,19,20). The Kier molecular flexibility index (Phi) is 6.47. The van der Waals surface area contributed by atoms with Gasteiger partial charge >= 0.3 is 5.69 Å². The van der Waals surface area contributed by atoms with Gasteiger partial charge in [0.05, 0.1) is 6.61 Å². The van der Waals surface area contributed by atoms with Crippen LogP contribution in [0.5, 0.6) is 0 Å². The number of nitrogens with zero attached hydrogens (tertiary/aromatic N) is 1. The van der Waals surface area contributed by atoms with Gasteiger partial charge in [0.1, 0.15) is 18.1 Å². The smallest absolute Gasteiger partial charge is 0.330 e. The average Bonchev–Trinajstić information content (AvgIpc) is 2.41. The molecule has 0 spiro atoms. The van der Waals surface area contributed by atoms with Crippen LogP contribution < -0.4 is 28.0 Å². The first-order chi connectivity index (χ1) is 9.97. The van der Waals surface area contributed by atoms with Crippen molar-refractivity contribution in [3.05, 3.63) is 20.8 Å². The maximum atomic E-state index is 11.7. The van der Waals surface area contributed by atoms with Crippen LogP contribution in [-0.4, -0.2) is 35.2 Å². The SMILES string of the molecule is CCCCn1c(N)c(NCCOCC(N)=O)c(=O)[nH]c1=O. The Balaban J connectivity index is 2.75. The summed E-state index contributed by atoms with van der Waals surface area (Å²) in [7, 11) is 0. The predicted molar refractivity (Wildman–Crippen MR) is 79.1 cm³/mol. The van der Waals surface area contributed by atoms with E-state index in [4.69, 9.17) is 16.2 Å². The third-order valence-corrected chi connectivity index (χ3v) is 2.77. The summed E-state index contributed by atoms with van der Waals surface area (Å²) in [6.45, 7) is 2.67. The number of primary amides is 1. The summed E-state index contributed by atoms with van der Waals surface area (Å²) in [5.74, 6) is -0.479. The van der Waals surface area contributed by atoms with Gasteiger partial charge in [-0.25, -0.2) is 4.79 Å². The van der Waals surface area contributed by atoms with Gasteiger partial charge in [-0.2, -0.15) is 0 Å². The Bertz CT molecular complexity index is 592. The normalized spacial score (nSPS) is 10.5. The van der Waals surface area contributed by atoms with Crippen molar-refractivity contribution >= 4 is 17.4 Å². The number of nitrogens with two attached hydrogens (primary N) is 2. The molecule has 0 saturated carbocycles. The highest BCUT2D eigenvalue weighted by molar-refractivity contribution is 5.74. The number of unbranched alkanes of at least 4 members (excludes halogenated alkanes) is 1. The second-order valence-corrected chi connectivity index (χ2v) is 4.47. The molecule has 0 bridgehead atoms. The van der Waals surface area contributed by atoms with E-state index in [9.17, 15) is 14.4 Å². The van der Waals surface area contributed by atoms with Crippen LogP contribution in [0.15, 0.2) is 9.59 Å². The molecular weight excluding hydrogens is 278 g/mol. The molecule has 0 aromatic carbocycles. The summed E-state index contributed by atoms with van der Waals surface area (Å²) in [6, 6.07) is 0. The first kappa shape index (κ1) is 16.8. The minimum absolute atomic E-state index is 0.0899. The molecule has 0 saturated heterocycles. The molecule has 0 atom stereocenters. The summed E-state index contributed by atoms with van der Waals surface area (Å²) in [4.78, 5) is 36.1. The van der Waals surface area contributed by atoms with Crippen LogP contribution >= 0.6 is 0 Å². The van der Waals surface area contributed by atoms with Gasteiger partial charge in [-0.15, -0.1) is 0 Å². The summed E-state index contributed by atoms with van der Waals surface area (Å²) >= 11 is 0. The zero-order chi connectivity index (χ0) is 15.8. The van der Waals surface area contributed by atoms with Crippen molar-refractivity contribution in [2.75, 3.05) is 30.8 Å². The van der Waals surface area contributed by atoms with Crippen LogP contribution in [0, 0.1) is 0 Å². The average molecular weight is 299 g/mol. The first-order valence-corrected chi connectivity index (χ1v) is 6.69. The largest absolute Gasteiger partial charge is 0.383 e. The summed E-state index contributed by atoms with van der Waals surface area (Å²) in [5, 5.41) is 2.79. The molecule has 6 N–H and O–H groups in total. The topological polar surface area (TPSA) is 145 Å². The van der Waals surface area contributed by atoms with Gasteiger partial charge in [0, 0.05) is 13.1 Å². The van der Waals surface area contributed by atoms with Crippen molar-refractivity contribution in [1.29, 1.82) is 0 Å². The van der Waals surface area contributed by atoms with E-state index >= 15 is 0 Å².